The molecule has 1 aliphatic rings. The first-order valence-corrected chi connectivity index (χ1v) is 14.7. The summed E-state index contributed by atoms with van der Waals surface area (Å²) in [6, 6.07) is 29.1. The van der Waals surface area contributed by atoms with Crippen molar-refractivity contribution in [2.75, 3.05) is 13.1 Å². The lowest BCUT2D eigenvalue weighted by atomic mass is 9.97. The van der Waals surface area contributed by atoms with Gasteiger partial charge < -0.3 is 9.40 Å². The Morgan fingerprint density at radius 3 is 2.12 bits per heavy atom. The van der Waals surface area contributed by atoms with E-state index in [1.165, 1.54) is 0 Å². The van der Waals surface area contributed by atoms with Crippen molar-refractivity contribution >= 4 is 39.3 Å². The van der Waals surface area contributed by atoms with Gasteiger partial charge in [0.2, 0.25) is 0 Å². The molecule has 0 radical (unpaired) electrons. The number of fused-ring (bicyclic) bond motifs is 3. The summed E-state index contributed by atoms with van der Waals surface area (Å²) >= 11 is 0. The molecule has 0 N–H and O–H groups in total. The van der Waals surface area contributed by atoms with Crippen molar-refractivity contribution in [3.63, 3.8) is 0 Å². The number of carbonyl (C=O) groups excluding carboxylic acids is 2. The Labute approximate surface area is 246 Å². The van der Waals surface area contributed by atoms with Gasteiger partial charge in [0.15, 0.2) is 5.78 Å². The molecule has 1 aromatic heterocycles. The van der Waals surface area contributed by atoms with Crippen molar-refractivity contribution in [2.45, 2.75) is 46.2 Å². The predicted octanol–water partition coefficient (Wildman–Crippen LogP) is 7.46. The molecule has 0 amide bonds. The topological polar surface area (TPSA) is 63.9 Å². The quantitative estimate of drug-likeness (QED) is 0.0860. The molecular weight excluding hydrogens is 522 g/mol. The van der Waals surface area contributed by atoms with Crippen molar-refractivity contribution in [3.05, 3.63) is 119 Å². The Kier molecular flexibility index (Phi) is 7.72. The third-order valence-corrected chi connectivity index (χ3v) is 8.37. The molecule has 6 rings (SSSR count). The van der Waals surface area contributed by atoms with Gasteiger partial charge in [0, 0.05) is 39.5 Å². The average Bonchev–Trinajstić information content (AvgIpc) is 3.66. The number of aryl methyl sites for hydroxylation is 2. The molecule has 1 saturated heterocycles. The van der Waals surface area contributed by atoms with Gasteiger partial charge in [-0.25, -0.2) is 4.79 Å². The summed E-state index contributed by atoms with van der Waals surface area (Å²) in [6.07, 6.45) is 2.14. The minimum absolute atomic E-state index is 0.0131. The third kappa shape index (κ3) is 5.14. The number of aromatic nitrogens is 1. The van der Waals surface area contributed by atoms with Gasteiger partial charge in [0.05, 0.1) is 5.71 Å². The number of oxime groups is 1. The summed E-state index contributed by atoms with van der Waals surface area (Å²) in [5, 5.41) is 6.34. The predicted molar refractivity (Wildman–Crippen MR) is 168 cm³/mol. The molecule has 4 aromatic carbocycles. The highest BCUT2D eigenvalue weighted by Gasteiger charge is 2.31. The molecule has 212 valence electrons. The van der Waals surface area contributed by atoms with E-state index in [4.69, 9.17) is 4.84 Å². The van der Waals surface area contributed by atoms with E-state index < -0.39 is 6.04 Å². The van der Waals surface area contributed by atoms with E-state index in [1.807, 2.05) is 92.7 Å². The van der Waals surface area contributed by atoms with Gasteiger partial charge >= 0.3 is 5.97 Å². The average molecular weight is 558 g/mol. The summed E-state index contributed by atoms with van der Waals surface area (Å²) in [7, 11) is 0. The minimum Gasteiger partial charge on any atom is -0.341 e. The van der Waals surface area contributed by atoms with Crippen LogP contribution in [0.3, 0.4) is 0 Å². The SMILES string of the molecule is CCn1c2ccc(C(=O)c3ccccc3C)cc2c2cc(/C(C)=N/OC(=O)C(c3ccccc3)N3CCCC3)ccc21. The molecule has 42 heavy (non-hydrogen) atoms. The molecule has 6 heteroatoms. The summed E-state index contributed by atoms with van der Waals surface area (Å²) in [5.41, 5.74) is 6.88. The van der Waals surface area contributed by atoms with Crippen molar-refractivity contribution in [1.29, 1.82) is 0 Å². The molecule has 0 spiro atoms. The maximum absolute atomic E-state index is 13.4. The Hall–Kier alpha value is -4.55. The van der Waals surface area contributed by atoms with Crippen LogP contribution in [0.25, 0.3) is 21.8 Å². The smallest absolute Gasteiger partial charge is 0.341 e. The van der Waals surface area contributed by atoms with Gasteiger partial charge in [0.25, 0.3) is 0 Å². The van der Waals surface area contributed by atoms with Gasteiger partial charge in [-0.05, 0) is 93.7 Å². The van der Waals surface area contributed by atoms with E-state index in [2.05, 4.69) is 33.7 Å². The van der Waals surface area contributed by atoms with E-state index >= 15 is 0 Å². The number of benzene rings is 4. The molecule has 0 aliphatic carbocycles. The van der Waals surface area contributed by atoms with Crippen molar-refractivity contribution in [1.82, 2.24) is 9.47 Å². The Bertz CT molecular complexity index is 1810. The second kappa shape index (κ2) is 11.7. The van der Waals surface area contributed by atoms with Crippen LogP contribution in [0.2, 0.25) is 0 Å². The summed E-state index contributed by atoms with van der Waals surface area (Å²) < 4.78 is 2.25. The standard InChI is InChI=1S/C36H35N3O3/c1-4-39-32-18-16-27(25(3)37-42-36(41)34(38-20-10-11-21-38)26-13-6-5-7-14-26)22-30(32)31-23-28(17-19-33(31)39)35(40)29-15-9-8-12-24(29)2/h5-9,12-19,22-23,34H,4,10-11,20-21H2,1-3H3/b37-25+. The van der Waals surface area contributed by atoms with E-state index in [0.717, 1.165) is 71.0 Å². The molecule has 5 aromatic rings. The lowest BCUT2D eigenvalue weighted by Crippen LogP contribution is -2.32. The number of hydrogen-bond acceptors (Lipinski definition) is 5. The zero-order valence-electron chi connectivity index (χ0n) is 24.3. The van der Waals surface area contributed by atoms with Crippen molar-refractivity contribution in [2.24, 2.45) is 5.16 Å². The van der Waals surface area contributed by atoms with Crippen LogP contribution < -0.4 is 0 Å². The summed E-state index contributed by atoms with van der Waals surface area (Å²) in [4.78, 5) is 34.5. The molecule has 1 unspecified atom stereocenters. The first-order chi connectivity index (χ1) is 20.5. The van der Waals surface area contributed by atoms with Crippen LogP contribution in [0.4, 0.5) is 0 Å². The second-order valence-corrected chi connectivity index (χ2v) is 11.0. The Morgan fingerprint density at radius 1 is 0.833 bits per heavy atom. The van der Waals surface area contributed by atoms with Gasteiger partial charge in [-0.2, -0.15) is 0 Å². The summed E-state index contributed by atoms with van der Waals surface area (Å²) in [6.45, 7) is 8.46. The van der Waals surface area contributed by atoms with Gasteiger partial charge in [0.1, 0.15) is 6.04 Å². The first-order valence-electron chi connectivity index (χ1n) is 14.7. The molecule has 0 saturated carbocycles. The zero-order chi connectivity index (χ0) is 29.2. The van der Waals surface area contributed by atoms with Crippen LogP contribution in [-0.4, -0.2) is 40.0 Å². The van der Waals surface area contributed by atoms with Crippen LogP contribution in [0.1, 0.15) is 65.3 Å². The molecule has 1 aliphatic heterocycles. The zero-order valence-corrected chi connectivity index (χ0v) is 24.3. The summed E-state index contributed by atoms with van der Waals surface area (Å²) in [5.74, 6) is -0.357. The third-order valence-electron chi connectivity index (χ3n) is 8.37. The normalized spacial score (nSPS) is 14.9. The Balaban J connectivity index is 1.33. The van der Waals surface area contributed by atoms with Crippen LogP contribution in [0.15, 0.2) is 96.2 Å². The van der Waals surface area contributed by atoms with Crippen LogP contribution in [-0.2, 0) is 16.2 Å². The van der Waals surface area contributed by atoms with Gasteiger partial charge in [-0.1, -0.05) is 65.8 Å². The van der Waals surface area contributed by atoms with Crippen molar-refractivity contribution < 1.29 is 14.4 Å². The number of rotatable bonds is 8. The fraction of sp³-hybridized carbons (Fsp3) is 0.250. The van der Waals surface area contributed by atoms with E-state index in [-0.39, 0.29) is 11.8 Å². The fourth-order valence-corrected chi connectivity index (χ4v) is 6.14. The van der Waals surface area contributed by atoms with Gasteiger partial charge in [-0.15, -0.1) is 0 Å². The lowest BCUT2D eigenvalue weighted by Gasteiger charge is -2.24. The minimum atomic E-state index is -0.473. The van der Waals surface area contributed by atoms with E-state index in [1.54, 1.807) is 0 Å². The second-order valence-electron chi connectivity index (χ2n) is 11.0. The molecule has 1 fully saturated rings. The van der Waals surface area contributed by atoms with Gasteiger partial charge in [-0.3, -0.25) is 9.69 Å². The number of carbonyl (C=O) groups is 2. The maximum Gasteiger partial charge on any atom is 0.356 e. The number of nitrogens with zero attached hydrogens (tertiary/aromatic N) is 3. The molecule has 1 atom stereocenters. The Morgan fingerprint density at radius 2 is 1.45 bits per heavy atom. The van der Waals surface area contributed by atoms with E-state index in [9.17, 15) is 9.59 Å². The number of hydrogen-bond donors (Lipinski definition) is 0. The molecule has 2 heterocycles. The highest BCUT2D eigenvalue weighted by atomic mass is 16.7. The molecule has 0 bridgehead atoms. The molecule has 6 nitrogen and oxygen atoms in total. The molecular formula is C36H35N3O3. The highest BCUT2D eigenvalue weighted by molar-refractivity contribution is 6.16. The van der Waals surface area contributed by atoms with E-state index in [0.29, 0.717) is 16.8 Å². The highest BCUT2D eigenvalue weighted by Crippen LogP contribution is 2.32. The van der Waals surface area contributed by atoms with Crippen LogP contribution in [0.5, 0.6) is 0 Å². The van der Waals surface area contributed by atoms with Crippen LogP contribution >= 0.6 is 0 Å². The first kappa shape index (κ1) is 27.6. The van der Waals surface area contributed by atoms with Crippen LogP contribution in [0, 0.1) is 6.92 Å². The maximum atomic E-state index is 13.4. The number of ketones is 1. The monoisotopic (exact) mass is 557 g/mol. The largest absolute Gasteiger partial charge is 0.356 e. The lowest BCUT2D eigenvalue weighted by molar-refractivity contribution is -0.150. The fourth-order valence-electron chi connectivity index (χ4n) is 6.14. The van der Waals surface area contributed by atoms with Crippen molar-refractivity contribution in [3.8, 4) is 0 Å². The number of likely N-dealkylation sites (tertiary alicyclic amines) is 1.